The molecule has 9 heteroatoms. The van der Waals surface area contributed by atoms with Gasteiger partial charge in [-0.2, -0.15) is 0 Å². The van der Waals surface area contributed by atoms with E-state index in [4.69, 9.17) is 9.47 Å². The first-order valence-corrected chi connectivity index (χ1v) is 9.76. The molecule has 8 nitrogen and oxygen atoms in total. The van der Waals surface area contributed by atoms with Crippen LogP contribution in [0.1, 0.15) is 6.92 Å². The van der Waals surface area contributed by atoms with E-state index in [1.807, 2.05) is 23.6 Å². The van der Waals surface area contributed by atoms with Crippen LogP contribution in [0.4, 0.5) is 5.69 Å². The zero-order valence-electron chi connectivity index (χ0n) is 15.8. The number of rotatable bonds is 9. The third-order valence-corrected chi connectivity index (χ3v) is 4.50. The second-order valence-corrected chi connectivity index (χ2v) is 6.88. The second kappa shape index (κ2) is 10.2. The minimum Gasteiger partial charge on any atom is -0.484 e. The molecule has 0 aliphatic carbocycles. The minimum atomic E-state index is -0.280. The Morgan fingerprint density at radius 2 is 1.97 bits per heavy atom. The summed E-state index contributed by atoms with van der Waals surface area (Å²) in [5, 5.41) is 15.5. The summed E-state index contributed by atoms with van der Waals surface area (Å²) < 4.78 is 10.9. The molecule has 0 aliphatic rings. The van der Waals surface area contributed by atoms with Gasteiger partial charge in [0, 0.05) is 24.7 Å². The molecular weight excluding hydrogens is 392 g/mol. The Morgan fingerprint density at radius 3 is 2.69 bits per heavy atom. The van der Waals surface area contributed by atoms with Crippen molar-refractivity contribution in [3.8, 4) is 22.2 Å². The molecule has 3 rings (SSSR count). The van der Waals surface area contributed by atoms with E-state index in [1.165, 1.54) is 6.92 Å². The highest BCUT2D eigenvalue weighted by Crippen LogP contribution is 2.22. The number of thiophene rings is 1. The Labute approximate surface area is 171 Å². The van der Waals surface area contributed by atoms with Gasteiger partial charge < -0.3 is 20.1 Å². The maximum atomic E-state index is 11.9. The number of anilines is 1. The highest BCUT2D eigenvalue weighted by atomic mass is 32.1. The van der Waals surface area contributed by atoms with Crippen LogP contribution in [0.2, 0.25) is 0 Å². The molecule has 2 heterocycles. The first-order valence-electron chi connectivity index (χ1n) is 8.88. The number of hydrogen-bond acceptors (Lipinski definition) is 7. The largest absolute Gasteiger partial charge is 0.484 e. The third kappa shape index (κ3) is 6.58. The number of amides is 2. The molecule has 0 saturated heterocycles. The van der Waals surface area contributed by atoms with Crippen molar-refractivity contribution in [2.24, 2.45) is 0 Å². The van der Waals surface area contributed by atoms with Crippen molar-refractivity contribution in [2.75, 3.05) is 25.1 Å². The zero-order chi connectivity index (χ0) is 20.5. The van der Waals surface area contributed by atoms with Crippen LogP contribution in [-0.4, -0.2) is 41.8 Å². The quantitative estimate of drug-likeness (QED) is 0.524. The monoisotopic (exact) mass is 412 g/mol. The van der Waals surface area contributed by atoms with Crippen LogP contribution in [0, 0.1) is 0 Å². The smallest absolute Gasteiger partial charge is 0.258 e. The van der Waals surface area contributed by atoms with Gasteiger partial charge in [0.25, 0.3) is 5.91 Å². The van der Waals surface area contributed by atoms with E-state index >= 15 is 0 Å². The van der Waals surface area contributed by atoms with Crippen LogP contribution < -0.4 is 20.1 Å². The molecule has 0 unspecified atom stereocenters. The Morgan fingerprint density at radius 1 is 1.07 bits per heavy atom. The van der Waals surface area contributed by atoms with E-state index in [0.717, 1.165) is 10.6 Å². The number of aromatic nitrogens is 2. The SMILES string of the molecule is CC(=O)Nc1cccc(OCC(=O)NCCOc2ccc(-c3cccs3)nn2)c1. The molecule has 0 aliphatic heterocycles. The molecule has 0 radical (unpaired) electrons. The summed E-state index contributed by atoms with van der Waals surface area (Å²) in [6.07, 6.45) is 0. The molecule has 2 N–H and O–H groups in total. The Kier molecular flexibility index (Phi) is 7.12. The lowest BCUT2D eigenvalue weighted by Crippen LogP contribution is -2.32. The number of carbonyl (C=O) groups is 2. The summed E-state index contributed by atoms with van der Waals surface area (Å²) in [6.45, 7) is 1.85. The molecule has 29 heavy (non-hydrogen) atoms. The average molecular weight is 412 g/mol. The van der Waals surface area contributed by atoms with Gasteiger partial charge in [0.2, 0.25) is 11.8 Å². The molecule has 0 fully saturated rings. The molecule has 0 spiro atoms. The normalized spacial score (nSPS) is 10.2. The number of nitrogens with zero attached hydrogens (tertiary/aromatic N) is 2. The highest BCUT2D eigenvalue weighted by Gasteiger charge is 2.05. The summed E-state index contributed by atoms with van der Waals surface area (Å²) >= 11 is 1.59. The van der Waals surface area contributed by atoms with Crippen molar-refractivity contribution in [3.63, 3.8) is 0 Å². The summed E-state index contributed by atoms with van der Waals surface area (Å²) in [5.41, 5.74) is 1.40. The lowest BCUT2D eigenvalue weighted by molar-refractivity contribution is -0.123. The third-order valence-electron chi connectivity index (χ3n) is 3.61. The first kappa shape index (κ1) is 20.3. The zero-order valence-corrected chi connectivity index (χ0v) is 16.6. The summed E-state index contributed by atoms with van der Waals surface area (Å²) in [5.74, 6) is 0.428. The number of hydrogen-bond donors (Lipinski definition) is 2. The molecule has 2 amide bonds. The topological polar surface area (TPSA) is 102 Å². The molecule has 1 aromatic carbocycles. The lowest BCUT2D eigenvalue weighted by Gasteiger charge is -2.09. The first-order chi connectivity index (χ1) is 14.1. The van der Waals surface area contributed by atoms with E-state index in [-0.39, 0.29) is 25.0 Å². The number of carbonyl (C=O) groups excluding carboxylic acids is 2. The van der Waals surface area contributed by atoms with Gasteiger partial charge >= 0.3 is 0 Å². The standard InChI is InChI=1S/C20H20N4O4S/c1-14(25)22-15-4-2-5-16(12-15)28-13-19(26)21-9-10-27-20-8-7-17(23-24-20)18-6-3-11-29-18/h2-8,11-12H,9-10,13H2,1H3,(H,21,26)(H,22,25). The van der Waals surface area contributed by atoms with Gasteiger partial charge in [-0.05, 0) is 29.6 Å². The average Bonchev–Trinajstić information content (AvgIpc) is 3.25. The van der Waals surface area contributed by atoms with E-state index in [1.54, 1.807) is 41.7 Å². The molecule has 0 bridgehead atoms. The van der Waals surface area contributed by atoms with Gasteiger partial charge in [0.05, 0.1) is 11.4 Å². The van der Waals surface area contributed by atoms with Crippen LogP contribution >= 0.6 is 11.3 Å². The van der Waals surface area contributed by atoms with Gasteiger partial charge in [-0.3, -0.25) is 9.59 Å². The molecule has 150 valence electrons. The molecule has 0 saturated carbocycles. The van der Waals surface area contributed by atoms with Crippen LogP contribution in [0.25, 0.3) is 10.6 Å². The molecule has 3 aromatic rings. The van der Waals surface area contributed by atoms with Gasteiger partial charge in [0.15, 0.2) is 6.61 Å². The van der Waals surface area contributed by atoms with Crippen molar-refractivity contribution < 1.29 is 19.1 Å². The van der Waals surface area contributed by atoms with E-state index in [2.05, 4.69) is 20.8 Å². The minimum absolute atomic E-state index is 0.140. The fraction of sp³-hybridized carbons (Fsp3) is 0.200. The Hall–Kier alpha value is -3.46. The van der Waals surface area contributed by atoms with Crippen LogP contribution in [0.15, 0.2) is 53.9 Å². The molecule has 2 aromatic heterocycles. The van der Waals surface area contributed by atoms with E-state index < -0.39 is 0 Å². The van der Waals surface area contributed by atoms with Crippen molar-refractivity contribution in [2.45, 2.75) is 6.92 Å². The molecule has 0 atom stereocenters. The predicted octanol–water partition coefficient (Wildman–Crippen LogP) is 2.74. The Bertz CT molecular complexity index is 945. The highest BCUT2D eigenvalue weighted by molar-refractivity contribution is 7.13. The summed E-state index contributed by atoms with van der Waals surface area (Å²) in [6, 6.07) is 14.3. The van der Waals surface area contributed by atoms with Gasteiger partial charge in [-0.15, -0.1) is 21.5 Å². The number of benzene rings is 1. The fourth-order valence-electron chi connectivity index (χ4n) is 2.37. The lowest BCUT2D eigenvalue weighted by atomic mass is 10.3. The van der Waals surface area contributed by atoms with Gasteiger partial charge in [-0.1, -0.05) is 12.1 Å². The van der Waals surface area contributed by atoms with Crippen molar-refractivity contribution in [3.05, 3.63) is 53.9 Å². The van der Waals surface area contributed by atoms with Crippen LogP contribution in [0.3, 0.4) is 0 Å². The number of ether oxygens (including phenoxy) is 2. The van der Waals surface area contributed by atoms with Crippen molar-refractivity contribution in [1.29, 1.82) is 0 Å². The van der Waals surface area contributed by atoms with Crippen LogP contribution in [0.5, 0.6) is 11.6 Å². The predicted molar refractivity (Wildman–Crippen MR) is 110 cm³/mol. The van der Waals surface area contributed by atoms with Crippen LogP contribution in [-0.2, 0) is 9.59 Å². The maximum absolute atomic E-state index is 11.9. The maximum Gasteiger partial charge on any atom is 0.258 e. The van der Waals surface area contributed by atoms with Gasteiger partial charge in [-0.25, -0.2) is 0 Å². The van der Waals surface area contributed by atoms with Crippen molar-refractivity contribution >= 4 is 28.8 Å². The number of nitrogens with one attached hydrogen (secondary N) is 2. The summed E-state index contributed by atoms with van der Waals surface area (Å²) in [7, 11) is 0. The van der Waals surface area contributed by atoms with E-state index in [9.17, 15) is 9.59 Å². The molecular formula is C20H20N4O4S. The van der Waals surface area contributed by atoms with Gasteiger partial charge in [0.1, 0.15) is 18.1 Å². The second-order valence-electron chi connectivity index (χ2n) is 5.93. The van der Waals surface area contributed by atoms with Crippen molar-refractivity contribution in [1.82, 2.24) is 15.5 Å². The fourth-order valence-corrected chi connectivity index (χ4v) is 3.06. The van der Waals surface area contributed by atoms with E-state index in [0.29, 0.717) is 23.9 Å². The summed E-state index contributed by atoms with van der Waals surface area (Å²) in [4.78, 5) is 24.0. The Balaban J connectivity index is 1.35.